The minimum absolute atomic E-state index is 0.233. The van der Waals surface area contributed by atoms with Crippen molar-refractivity contribution in [3.8, 4) is 0 Å². The van der Waals surface area contributed by atoms with Gasteiger partial charge in [0.25, 0.3) is 0 Å². The summed E-state index contributed by atoms with van der Waals surface area (Å²) in [5.74, 6) is -1.46. The lowest BCUT2D eigenvalue weighted by Gasteiger charge is -2.12. The van der Waals surface area contributed by atoms with E-state index >= 15 is 0 Å². The first-order chi connectivity index (χ1) is 9.40. The van der Waals surface area contributed by atoms with Gasteiger partial charge in [0.05, 0.1) is 5.56 Å². The van der Waals surface area contributed by atoms with Crippen LogP contribution in [0.4, 0.5) is 0 Å². The Morgan fingerprint density at radius 1 is 1.20 bits per heavy atom. The molecule has 0 saturated heterocycles. The second kappa shape index (κ2) is 7.28. The molecule has 1 atom stereocenters. The second-order valence-electron chi connectivity index (χ2n) is 4.47. The number of carboxylic acids is 1. The number of hydrogen-bond donors (Lipinski definition) is 3. The van der Waals surface area contributed by atoms with Gasteiger partial charge in [-0.2, -0.15) is 0 Å². The van der Waals surface area contributed by atoms with Crippen LogP contribution in [0.2, 0.25) is 0 Å². The van der Waals surface area contributed by atoms with E-state index in [1.807, 2.05) is 0 Å². The molecule has 1 rings (SSSR count). The van der Waals surface area contributed by atoms with E-state index in [9.17, 15) is 14.4 Å². The van der Waals surface area contributed by atoms with Gasteiger partial charge >= 0.3 is 5.97 Å². The van der Waals surface area contributed by atoms with Gasteiger partial charge in [-0.1, -0.05) is 12.1 Å². The van der Waals surface area contributed by atoms with E-state index in [0.717, 1.165) is 5.56 Å². The van der Waals surface area contributed by atoms with Crippen LogP contribution in [0.3, 0.4) is 0 Å². The fourth-order valence-corrected chi connectivity index (χ4v) is 1.67. The normalized spacial score (nSPS) is 11.5. The summed E-state index contributed by atoms with van der Waals surface area (Å²) in [4.78, 5) is 33.1. The zero-order valence-corrected chi connectivity index (χ0v) is 11.5. The van der Waals surface area contributed by atoms with Gasteiger partial charge in [0.1, 0.15) is 6.04 Å². The second-order valence-corrected chi connectivity index (χ2v) is 4.47. The Kier molecular flexibility index (Phi) is 5.71. The predicted octanol–water partition coefficient (Wildman–Crippen LogP) is 0.568. The quantitative estimate of drug-likeness (QED) is 0.709. The molecule has 0 aliphatic rings. The van der Waals surface area contributed by atoms with E-state index < -0.39 is 12.0 Å². The highest BCUT2D eigenvalue weighted by molar-refractivity contribution is 5.87. The van der Waals surface area contributed by atoms with Crippen LogP contribution in [0, 0.1) is 0 Å². The highest BCUT2D eigenvalue weighted by atomic mass is 16.4. The van der Waals surface area contributed by atoms with Crippen molar-refractivity contribution in [3.63, 3.8) is 0 Å². The molecule has 1 aromatic carbocycles. The Labute approximate surface area is 117 Å². The molecular formula is C14H18N2O4. The Morgan fingerprint density at radius 2 is 1.80 bits per heavy atom. The Hall–Kier alpha value is -2.37. The fraction of sp³-hybridized carbons (Fsp3) is 0.357. The monoisotopic (exact) mass is 278 g/mol. The molecular weight excluding hydrogens is 260 g/mol. The fourth-order valence-electron chi connectivity index (χ4n) is 1.67. The lowest BCUT2D eigenvalue weighted by molar-refractivity contribution is -0.127. The van der Waals surface area contributed by atoms with Crippen LogP contribution in [0.1, 0.15) is 29.8 Å². The van der Waals surface area contributed by atoms with E-state index in [1.54, 1.807) is 19.1 Å². The lowest BCUT2D eigenvalue weighted by atomic mass is 10.1. The van der Waals surface area contributed by atoms with Crippen molar-refractivity contribution in [2.24, 2.45) is 0 Å². The Morgan fingerprint density at radius 3 is 2.30 bits per heavy atom. The molecule has 20 heavy (non-hydrogen) atoms. The number of hydrogen-bond acceptors (Lipinski definition) is 3. The van der Waals surface area contributed by atoms with Crippen LogP contribution in [-0.4, -0.2) is 35.5 Å². The highest BCUT2D eigenvalue weighted by Crippen LogP contribution is 2.04. The highest BCUT2D eigenvalue weighted by Gasteiger charge is 2.12. The van der Waals surface area contributed by atoms with Crippen molar-refractivity contribution in [1.29, 1.82) is 0 Å². The number of rotatable bonds is 6. The molecule has 0 aliphatic carbocycles. The molecule has 0 radical (unpaired) electrons. The molecule has 2 amide bonds. The molecule has 108 valence electrons. The van der Waals surface area contributed by atoms with Crippen molar-refractivity contribution >= 4 is 17.8 Å². The van der Waals surface area contributed by atoms with E-state index in [4.69, 9.17) is 5.11 Å². The molecule has 0 spiro atoms. The Balaban J connectivity index is 2.38. The van der Waals surface area contributed by atoms with Gasteiger partial charge in [0.15, 0.2) is 0 Å². The van der Waals surface area contributed by atoms with Crippen LogP contribution in [-0.2, 0) is 16.0 Å². The molecule has 0 heterocycles. The summed E-state index contributed by atoms with van der Waals surface area (Å²) >= 11 is 0. The van der Waals surface area contributed by atoms with Gasteiger partial charge in [0, 0.05) is 13.5 Å². The van der Waals surface area contributed by atoms with Gasteiger partial charge in [-0.15, -0.1) is 0 Å². The van der Waals surface area contributed by atoms with Crippen molar-refractivity contribution in [3.05, 3.63) is 35.4 Å². The molecule has 0 bridgehead atoms. The van der Waals surface area contributed by atoms with E-state index in [2.05, 4.69) is 10.6 Å². The first-order valence-electron chi connectivity index (χ1n) is 6.27. The summed E-state index contributed by atoms with van der Waals surface area (Å²) in [5, 5.41) is 14.0. The molecule has 0 aromatic heterocycles. The van der Waals surface area contributed by atoms with E-state index in [1.165, 1.54) is 19.1 Å². The number of benzene rings is 1. The summed E-state index contributed by atoms with van der Waals surface area (Å²) in [6, 6.07) is 5.92. The topological polar surface area (TPSA) is 95.5 Å². The first kappa shape index (κ1) is 15.7. The average Bonchev–Trinajstić information content (AvgIpc) is 2.38. The maximum Gasteiger partial charge on any atom is 0.335 e. The SMILES string of the molecule is CC(=O)NC(C)C(=O)NCCc1ccc(C(=O)O)cc1. The standard InChI is InChI=1S/C14H18N2O4/c1-9(16-10(2)17)13(18)15-8-7-11-3-5-12(6-4-11)14(19)20/h3-6,9H,7-8H2,1-2H3,(H,15,18)(H,16,17)(H,19,20). The zero-order valence-electron chi connectivity index (χ0n) is 11.5. The van der Waals surface area contributed by atoms with Gasteiger partial charge < -0.3 is 15.7 Å². The third-order valence-corrected chi connectivity index (χ3v) is 2.73. The number of amides is 2. The van der Waals surface area contributed by atoms with Gasteiger partial charge in [-0.05, 0) is 31.0 Å². The molecule has 6 heteroatoms. The van der Waals surface area contributed by atoms with Crippen LogP contribution in [0.25, 0.3) is 0 Å². The third kappa shape index (κ3) is 5.09. The summed E-state index contributed by atoms with van der Waals surface area (Å²) in [6.45, 7) is 3.39. The first-order valence-corrected chi connectivity index (χ1v) is 6.27. The van der Waals surface area contributed by atoms with Crippen LogP contribution >= 0.6 is 0 Å². The van der Waals surface area contributed by atoms with Gasteiger partial charge in [0.2, 0.25) is 11.8 Å². The molecule has 3 N–H and O–H groups in total. The minimum atomic E-state index is -0.964. The molecule has 0 saturated carbocycles. The third-order valence-electron chi connectivity index (χ3n) is 2.73. The van der Waals surface area contributed by atoms with Crippen LogP contribution in [0.5, 0.6) is 0 Å². The summed E-state index contributed by atoms with van der Waals surface area (Å²) in [7, 11) is 0. The van der Waals surface area contributed by atoms with Crippen molar-refractivity contribution < 1.29 is 19.5 Å². The summed E-state index contributed by atoms with van der Waals surface area (Å²) in [6.07, 6.45) is 0.596. The number of aromatic carboxylic acids is 1. The Bertz CT molecular complexity index is 496. The largest absolute Gasteiger partial charge is 0.478 e. The van der Waals surface area contributed by atoms with E-state index in [0.29, 0.717) is 13.0 Å². The number of carbonyl (C=O) groups is 3. The molecule has 0 aliphatic heterocycles. The number of carbonyl (C=O) groups excluding carboxylic acids is 2. The molecule has 1 aromatic rings. The lowest BCUT2D eigenvalue weighted by Crippen LogP contribution is -2.44. The zero-order chi connectivity index (χ0) is 15.1. The minimum Gasteiger partial charge on any atom is -0.478 e. The van der Waals surface area contributed by atoms with Crippen molar-refractivity contribution in [2.75, 3.05) is 6.54 Å². The van der Waals surface area contributed by atoms with Crippen LogP contribution < -0.4 is 10.6 Å². The maximum atomic E-state index is 11.6. The van der Waals surface area contributed by atoms with E-state index in [-0.39, 0.29) is 17.4 Å². The van der Waals surface area contributed by atoms with Crippen LogP contribution in [0.15, 0.2) is 24.3 Å². The smallest absolute Gasteiger partial charge is 0.335 e. The van der Waals surface area contributed by atoms with Crippen molar-refractivity contribution in [1.82, 2.24) is 10.6 Å². The number of nitrogens with one attached hydrogen (secondary N) is 2. The molecule has 1 unspecified atom stereocenters. The summed E-state index contributed by atoms with van der Waals surface area (Å²) in [5.41, 5.74) is 1.17. The molecule has 6 nitrogen and oxygen atoms in total. The predicted molar refractivity (Wildman–Crippen MR) is 73.4 cm³/mol. The molecule has 0 fully saturated rings. The van der Waals surface area contributed by atoms with Crippen molar-refractivity contribution in [2.45, 2.75) is 26.3 Å². The van der Waals surface area contributed by atoms with Gasteiger partial charge in [-0.25, -0.2) is 4.79 Å². The average molecular weight is 278 g/mol. The van der Waals surface area contributed by atoms with Gasteiger partial charge in [-0.3, -0.25) is 9.59 Å². The summed E-state index contributed by atoms with van der Waals surface area (Å²) < 4.78 is 0. The number of carboxylic acid groups (broad SMARTS) is 1. The maximum absolute atomic E-state index is 11.6.